The summed E-state index contributed by atoms with van der Waals surface area (Å²) in [6.07, 6.45) is 106. The number of carbonyl (C=O) groups excluding carboxylic acids is 3. The van der Waals surface area contributed by atoms with Gasteiger partial charge >= 0.3 is 17.9 Å². The molecule has 0 aromatic heterocycles. The Morgan fingerprint density at radius 2 is 0.446 bits per heavy atom. The molecule has 0 rings (SSSR count). The molecule has 0 amide bonds. The van der Waals surface area contributed by atoms with Crippen LogP contribution in [0.2, 0.25) is 0 Å². The summed E-state index contributed by atoms with van der Waals surface area (Å²) in [5.74, 6) is -1.03. The van der Waals surface area contributed by atoms with Crippen molar-refractivity contribution in [2.24, 2.45) is 0 Å². The molecule has 0 aliphatic rings. The van der Waals surface area contributed by atoms with E-state index in [2.05, 4.69) is 227 Å². The van der Waals surface area contributed by atoms with Crippen LogP contribution in [0.1, 0.15) is 239 Å². The maximum atomic E-state index is 12.9. The van der Waals surface area contributed by atoms with Crippen LogP contribution in [-0.4, -0.2) is 37.2 Å². The van der Waals surface area contributed by atoms with Crippen molar-refractivity contribution in [1.82, 2.24) is 0 Å². The molecule has 0 aromatic rings. The number of hydrogen-bond acceptors (Lipinski definition) is 6. The molecule has 1 atom stereocenters. The van der Waals surface area contributed by atoms with Crippen molar-refractivity contribution >= 4 is 17.9 Å². The molecule has 0 spiro atoms. The minimum absolute atomic E-state index is 0.127. The standard InChI is InChI=1S/C77H116O6/c1-4-7-10-13-16-19-22-25-28-30-31-32-33-34-35-36-37-38-39-40-41-42-43-44-45-47-49-52-55-58-61-64-67-70-76(79)82-73-74(72-81-75(78)69-66-63-60-57-54-51-48-27-24-21-18-15-12-9-6-3)83-77(80)71-68-65-62-59-56-53-50-46-29-26-23-20-17-14-11-8-5-2/h7-12,16-21,25-29,31-32,34-35,37-38,40-41,43-44,47-50,53,59,62,74H,4-6,13-15,22-24,30,33,36,39,42,45-46,51-52,54-58,60-61,63-73H2,1-3H3/b10-7-,11-8-,12-9-,19-16-,20-17-,21-18-,28-25-,29-26-,32-31-,35-34-,38-37-,41-40-,44-43-,48-27-,49-47-,53-50-,62-59-. The van der Waals surface area contributed by atoms with Crippen LogP contribution in [-0.2, 0) is 28.6 Å². The zero-order valence-corrected chi connectivity index (χ0v) is 52.6. The van der Waals surface area contributed by atoms with Gasteiger partial charge in [-0.1, -0.05) is 266 Å². The van der Waals surface area contributed by atoms with Crippen LogP contribution in [0.4, 0.5) is 0 Å². The molecule has 1 unspecified atom stereocenters. The third kappa shape index (κ3) is 66.7. The van der Waals surface area contributed by atoms with Gasteiger partial charge in [0.1, 0.15) is 13.2 Å². The molecule has 0 aromatic carbocycles. The molecule has 0 aliphatic carbocycles. The van der Waals surface area contributed by atoms with Gasteiger partial charge in [0.25, 0.3) is 0 Å². The van der Waals surface area contributed by atoms with E-state index in [9.17, 15) is 14.4 Å². The third-order valence-electron chi connectivity index (χ3n) is 12.8. The predicted octanol–water partition coefficient (Wildman–Crippen LogP) is 22.8. The minimum Gasteiger partial charge on any atom is -0.462 e. The van der Waals surface area contributed by atoms with E-state index in [-0.39, 0.29) is 37.5 Å². The molecule has 0 saturated heterocycles. The second kappa shape index (κ2) is 68.5. The topological polar surface area (TPSA) is 78.9 Å². The molecule has 83 heavy (non-hydrogen) atoms. The fourth-order valence-electron chi connectivity index (χ4n) is 8.01. The molecule has 6 nitrogen and oxygen atoms in total. The predicted molar refractivity (Wildman–Crippen MR) is 361 cm³/mol. The van der Waals surface area contributed by atoms with Crippen LogP contribution in [0.25, 0.3) is 0 Å². The first-order valence-corrected chi connectivity index (χ1v) is 32.6. The van der Waals surface area contributed by atoms with Crippen LogP contribution in [0.15, 0.2) is 207 Å². The summed E-state index contributed by atoms with van der Waals surface area (Å²) in [6, 6.07) is 0. The SMILES string of the molecule is CC/C=C\C/C=C\C/C=C\C/C=C\C/C=C\C/C=C\C/C=C\C/C=C\C/C=C\CCCCCCCC(=O)OCC(COC(=O)CCCCCCC/C=C\C/C=C\C/C=C\CC)OC(=O)CCC/C=C\C/C=C\C/C=C\C/C=C\C/C=C\CC. The smallest absolute Gasteiger partial charge is 0.306 e. The monoisotopic (exact) mass is 1140 g/mol. The summed E-state index contributed by atoms with van der Waals surface area (Å²) in [4.78, 5) is 38.3. The summed E-state index contributed by atoms with van der Waals surface area (Å²) < 4.78 is 16.8. The largest absolute Gasteiger partial charge is 0.462 e. The highest BCUT2D eigenvalue weighted by molar-refractivity contribution is 5.71. The van der Waals surface area contributed by atoms with Crippen molar-refractivity contribution in [3.8, 4) is 0 Å². The highest BCUT2D eigenvalue weighted by atomic mass is 16.6. The van der Waals surface area contributed by atoms with E-state index >= 15 is 0 Å². The second-order valence-electron chi connectivity index (χ2n) is 20.5. The van der Waals surface area contributed by atoms with Crippen LogP contribution >= 0.6 is 0 Å². The first-order chi connectivity index (χ1) is 41.0. The number of hydrogen-bond donors (Lipinski definition) is 0. The van der Waals surface area contributed by atoms with Crippen molar-refractivity contribution in [1.29, 1.82) is 0 Å². The van der Waals surface area contributed by atoms with Crippen LogP contribution in [0.5, 0.6) is 0 Å². The lowest BCUT2D eigenvalue weighted by Gasteiger charge is -2.18. The molecule has 0 saturated carbocycles. The normalized spacial score (nSPS) is 13.5. The first-order valence-electron chi connectivity index (χ1n) is 32.6. The Hall–Kier alpha value is -6.01. The van der Waals surface area contributed by atoms with Crippen molar-refractivity contribution < 1.29 is 28.6 Å². The Bertz CT molecular complexity index is 2030. The minimum atomic E-state index is -0.837. The van der Waals surface area contributed by atoms with Gasteiger partial charge in [0.2, 0.25) is 0 Å². The Labute approximate surface area is 509 Å². The lowest BCUT2D eigenvalue weighted by atomic mass is 10.1. The van der Waals surface area contributed by atoms with Crippen molar-refractivity contribution in [3.05, 3.63) is 207 Å². The van der Waals surface area contributed by atoms with E-state index in [1.54, 1.807) is 0 Å². The second-order valence-corrected chi connectivity index (χ2v) is 20.5. The van der Waals surface area contributed by atoms with Gasteiger partial charge in [0, 0.05) is 19.3 Å². The summed E-state index contributed by atoms with van der Waals surface area (Å²) >= 11 is 0. The maximum absolute atomic E-state index is 12.9. The Morgan fingerprint density at radius 3 is 0.711 bits per heavy atom. The Morgan fingerprint density at radius 1 is 0.241 bits per heavy atom. The van der Waals surface area contributed by atoms with Gasteiger partial charge in [-0.05, 0) is 161 Å². The van der Waals surface area contributed by atoms with Crippen LogP contribution in [0, 0.1) is 0 Å². The molecular weight excluding hydrogens is 1020 g/mol. The van der Waals surface area contributed by atoms with E-state index in [1.165, 1.54) is 0 Å². The number of allylic oxidation sites excluding steroid dienone is 34. The van der Waals surface area contributed by atoms with Gasteiger partial charge in [-0.15, -0.1) is 0 Å². The van der Waals surface area contributed by atoms with Gasteiger partial charge in [0.05, 0.1) is 0 Å². The summed E-state index contributed by atoms with van der Waals surface area (Å²) in [6.45, 7) is 6.20. The number of unbranched alkanes of at least 4 members (excludes halogenated alkanes) is 11. The van der Waals surface area contributed by atoms with E-state index < -0.39 is 6.10 Å². The number of ether oxygens (including phenoxy) is 3. The molecule has 0 bridgehead atoms. The fourth-order valence-corrected chi connectivity index (χ4v) is 8.01. The summed E-state index contributed by atoms with van der Waals surface area (Å²) in [7, 11) is 0. The van der Waals surface area contributed by atoms with Crippen molar-refractivity contribution in [2.45, 2.75) is 245 Å². The van der Waals surface area contributed by atoms with Crippen molar-refractivity contribution in [2.75, 3.05) is 13.2 Å². The van der Waals surface area contributed by atoms with E-state index in [0.29, 0.717) is 19.3 Å². The number of carbonyl (C=O) groups is 3. The molecule has 0 N–H and O–H groups in total. The molecule has 6 heteroatoms. The quantitative estimate of drug-likeness (QED) is 0.0261. The molecule has 0 heterocycles. The zero-order valence-electron chi connectivity index (χ0n) is 52.6. The zero-order chi connectivity index (χ0) is 59.9. The van der Waals surface area contributed by atoms with E-state index in [0.717, 1.165) is 193 Å². The van der Waals surface area contributed by atoms with Gasteiger partial charge in [-0.3, -0.25) is 14.4 Å². The summed E-state index contributed by atoms with van der Waals surface area (Å²) in [5.41, 5.74) is 0. The van der Waals surface area contributed by atoms with E-state index in [1.807, 2.05) is 0 Å². The Balaban J connectivity index is 4.46. The summed E-state index contributed by atoms with van der Waals surface area (Å²) in [5, 5.41) is 0. The van der Waals surface area contributed by atoms with Crippen LogP contribution < -0.4 is 0 Å². The molecule has 0 aliphatic heterocycles. The average Bonchev–Trinajstić information content (AvgIpc) is 3.49. The van der Waals surface area contributed by atoms with Gasteiger partial charge in [-0.25, -0.2) is 0 Å². The molecule has 0 radical (unpaired) electrons. The third-order valence-corrected chi connectivity index (χ3v) is 12.8. The number of esters is 3. The number of rotatable bonds is 56. The maximum Gasteiger partial charge on any atom is 0.306 e. The lowest BCUT2D eigenvalue weighted by molar-refractivity contribution is -0.167. The highest BCUT2D eigenvalue weighted by Crippen LogP contribution is 2.12. The van der Waals surface area contributed by atoms with E-state index in [4.69, 9.17) is 14.2 Å². The lowest BCUT2D eigenvalue weighted by Crippen LogP contribution is -2.30. The van der Waals surface area contributed by atoms with Gasteiger partial charge in [0.15, 0.2) is 6.10 Å². The Kier molecular flexibility index (Phi) is 63.5. The molecular formula is C77H116O6. The van der Waals surface area contributed by atoms with Crippen LogP contribution in [0.3, 0.4) is 0 Å². The first kappa shape index (κ1) is 77.0. The molecule has 460 valence electrons. The van der Waals surface area contributed by atoms with Gasteiger partial charge < -0.3 is 14.2 Å². The highest BCUT2D eigenvalue weighted by Gasteiger charge is 2.19. The molecule has 0 fully saturated rings. The average molecular weight is 1140 g/mol. The fraction of sp³-hybridized carbons (Fsp3) is 0.519. The van der Waals surface area contributed by atoms with Crippen molar-refractivity contribution in [3.63, 3.8) is 0 Å². The van der Waals surface area contributed by atoms with Gasteiger partial charge in [-0.2, -0.15) is 0 Å².